The third-order valence-corrected chi connectivity index (χ3v) is 4.51. The summed E-state index contributed by atoms with van der Waals surface area (Å²) in [5.41, 5.74) is 0. The summed E-state index contributed by atoms with van der Waals surface area (Å²) in [6, 6.07) is 3.23. The van der Waals surface area contributed by atoms with Crippen LogP contribution in [0.25, 0.3) is 0 Å². The molecule has 0 saturated heterocycles. The van der Waals surface area contributed by atoms with Gasteiger partial charge in [-0.2, -0.15) is 0 Å². The molecular formula is C8H2Cl4OS2. The first-order valence-electron chi connectivity index (χ1n) is 3.64. The average Bonchev–Trinajstić information content (AvgIpc) is 2.58. The van der Waals surface area contributed by atoms with Gasteiger partial charge in [-0.25, -0.2) is 0 Å². The minimum atomic E-state index is 0.464. The Bertz CT molecular complexity index is 447. The summed E-state index contributed by atoms with van der Waals surface area (Å²) in [6.07, 6.45) is 0. The van der Waals surface area contributed by atoms with Crippen molar-refractivity contribution in [1.82, 2.24) is 0 Å². The van der Waals surface area contributed by atoms with Crippen molar-refractivity contribution in [2.24, 2.45) is 0 Å². The third kappa shape index (κ3) is 2.73. The summed E-state index contributed by atoms with van der Waals surface area (Å²) in [6.45, 7) is 0. The molecule has 2 aromatic heterocycles. The van der Waals surface area contributed by atoms with Crippen LogP contribution in [-0.2, 0) is 0 Å². The number of rotatable bonds is 2. The fourth-order valence-electron chi connectivity index (χ4n) is 0.874. The van der Waals surface area contributed by atoms with Gasteiger partial charge in [-0.15, -0.1) is 0 Å². The van der Waals surface area contributed by atoms with Gasteiger partial charge in [0.2, 0.25) is 10.1 Å². The zero-order valence-electron chi connectivity index (χ0n) is 6.89. The minimum absolute atomic E-state index is 0.464. The van der Waals surface area contributed by atoms with Crippen molar-refractivity contribution >= 4 is 69.1 Å². The zero-order valence-corrected chi connectivity index (χ0v) is 11.5. The standard InChI is InChI=1S/C8H2Cl4OS2/c9-3-1-5(11)14-7(3)13-8-4(10)2-6(12)15-8/h1-2H. The Labute approximate surface area is 114 Å². The van der Waals surface area contributed by atoms with Crippen molar-refractivity contribution in [2.45, 2.75) is 0 Å². The largest absolute Gasteiger partial charge is 0.433 e. The number of halogens is 4. The smallest absolute Gasteiger partial charge is 0.202 e. The predicted molar refractivity (Wildman–Crippen MR) is 68.8 cm³/mol. The average molecular weight is 320 g/mol. The summed E-state index contributed by atoms with van der Waals surface area (Å²) in [5.74, 6) is 0. The Morgan fingerprint density at radius 3 is 1.47 bits per heavy atom. The molecule has 0 spiro atoms. The molecular weight excluding hydrogens is 318 g/mol. The van der Waals surface area contributed by atoms with Gasteiger partial charge < -0.3 is 4.74 Å². The van der Waals surface area contributed by atoms with E-state index in [9.17, 15) is 0 Å². The van der Waals surface area contributed by atoms with Crippen LogP contribution in [0.5, 0.6) is 10.1 Å². The molecule has 0 aliphatic rings. The molecule has 0 N–H and O–H groups in total. The minimum Gasteiger partial charge on any atom is -0.433 e. The molecule has 80 valence electrons. The predicted octanol–water partition coefficient (Wildman–Crippen LogP) is 6.22. The zero-order chi connectivity index (χ0) is 11.0. The van der Waals surface area contributed by atoms with E-state index >= 15 is 0 Å². The molecule has 0 unspecified atom stereocenters. The van der Waals surface area contributed by atoms with Crippen molar-refractivity contribution in [2.75, 3.05) is 0 Å². The van der Waals surface area contributed by atoms with Crippen LogP contribution in [0, 0.1) is 0 Å². The van der Waals surface area contributed by atoms with Crippen LogP contribution in [0.15, 0.2) is 12.1 Å². The first kappa shape index (κ1) is 11.8. The molecule has 1 nitrogen and oxygen atoms in total. The van der Waals surface area contributed by atoms with E-state index in [1.54, 1.807) is 12.1 Å². The summed E-state index contributed by atoms with van der Waals surface area (Å²) in [4.78, 5) is 0. The van der Waals surface area contributed by atoms with E-state index in [1.807, 2.05) is 0 Å². The number of thiophene rings is 2. The summed E-state index contributed by atoms with van der Waals surface area (Å²) >= 11 is 25.8. The Morgan fingerprint density at radius 1 is 0.800 bits per heavy atom. The molecule has 0 saturated carbocycles. The lowest BCUT2D eigenvalue weighted by molar-refractivity contribution is 0.511. The molecule has 0 fully saturated rings. The molecule has 0 bridgehead atoms. The third-order valence-electron chi connectivity index (χ3n) is 1.44. The highest BCUT2D eigenvalue weighted by Crippen LogP contribution is 2.45. The number of ether oxygens (including phenoxy) is 1. The van der Waals surface area contributed by atoms with Gasteiger partial charge in [-0.05, 0) is 12.1 Å². The fraction of sp³-hybridized carbons (Fsp3) is 0. The van der Waals surface area contributed by atoms with Gasteiger partial charge in [0.05, 0.1) is 18.7 Å². The maximum Gasteiger partial charge on any atom is 0.202 e. The monoisotopic (exact) mass is 318 g/mol. The van der Waals surface area contributed by atoms with E-state index in [0.717, 1.165) is 0 Å². The molecule has 2 rings (SSSR count). The summed E-state index contributed by atoms with van der Waals surface area (Å²) in [5, 5.41) is 1.96. The highest BCUT2D eigenvalue weighted by Gasteiger charge is 2.13. The lowest BCUT2D eigenvalue weighted by Gasteiger charge is -1.99. The molecule has 0 aliphatic carbocycles. The van der Waals surface area contributed by atoms with Crippen molar-refractivity contribution in [3.63, 3.8) is 0 Å². The van der Waals surface area contributed by atoms with Crippen LogP contribution in [-0.4, -0.2) is 0 Å². The van der Waals surface area contributed by atoms with Crippen molar-refractivity contribution in [1.29, 1.82) is 0 Å². The highest BCUT2D eigenvalue weighted by atomic mass is 35.5. The second kappa shape index (κ2) is 4.70. The Kier molecular flexibility index (Phi) is 3.71. The second-order valence-corrected chi connectivity index (χ2v) is 6.58. The molecule has 2 aromatic rings. The van der Waals surface area contributed by atoms with Gasteiger partial charge in [0.25, 0.3) is 0 Å². The van der Waals surface area contributed by atoms with Crippen molar-refractivity contribution < 1.29 is 4.74 Å². The number of hydrogen-bond donors (Lipinski definition) is 0. The highest BCUT2D eigenvalue weighted by molar-refractivity contribution is 7.20. The van der Waals surface area contributed by atoms with E-state index in [2.05, 4.69) is 0 Å². The van der Waals surface area contributed by atoms with Crippen LogP contribution in [0.2, 0.25) is 18.7 Å². The van der Waals surface area contributed by atoms with E-state index in [1.165, 1.54) is 22.7 Å². The first-order chi connectivity index (χ1) is 7.06. The van der Waals surface area contributed by atoms with E-state index in [4.69, 9.17) is 51.1 Å². The molecule has 0 aliphatic heterocycles. The van der Waals surface area contributed by atoms with Crippen LogP contribution >= 0.6 is 69.1 Å². The quantitative estimate of drug-likeness (QED) is 0.638. The van der Waals surface area contributed by atoms with Gasteiger partial charge in [0, 0.05) is 0 Å². The molecule has 0 radical (unpaired) electrons. The Hall–Kier alpha value is 0.360. The van der Waals surface area contributed by atoms with E-state index < -0.39 is 0 Å². The summed E-state index contributed by atoms with van der Waals surface area (Å²) in [7, 11) is 0. The summed E-state index contributed by atoms with van der Waals surface area (Å²) < 4.78 is 6.61. The van der Waals surface area contributed by atoms with Gasteiger partial charge in [0.15, 0.2) is 0 Å². The molecule has 0 amide bonds. The lowest BCUT2D eigenvalue weighted by atomic mass is 10.6. The first-order valence-corrected chi connectivity index (χ1v) is 6.78. The maximum absolute atomic E-state index is 5.88. The second-order valence-electron chi connectivity index (χ2n) is 2.47. The van der Waals surface area contributed by atoms with E-state index in [-0.39, 0.29) is 0 Å². The van der Waals surface area contributed by atoms with Crippen LogP contribution in [0.4, 0.5) is 0 Å². The van der Waals surface area contributed by atoms with Crippen molar-refractivity contribution in [3.8, 4) is 10.1 Å². The Balaban J connectivity index is 2.29. The maximum atomic E-state index is 5.88. The normalized spacial score (nSPS) is 10.7. The SMILES string of the molecule is Clc1cc(Cl)c(Oc2sc(Cl)cc2Cl)s1. The number of hydrogen-bond acceptors (Lipinski definition) is 3. The lowest BCUT2D eigenvalue weighted by Crippen LogP contribution is -1.76. The topological polar surface area (TPSA) is 9.23 Å². The molecule has 0 aromatic carbocycles. The fourth-order valence-corrected chi connectivity index (χ4v) is 3.60. The molecule has 0 atom stereocenters. The van der Waals surface area contributed by atoms with Crippen LogP contribution in [0.1, 0.15) is 0 Å². The van der Waals surface area contributed by atoms with Crippen LogP contribution < -0.4 is 4.74 Å². The van der Waals surface area contributed by atoms with Gasteiger partial charge in [-0.3, -0.25) is 0 Å². The molecule has 2 heterocycles. The van der Waals surface area contributed by atoms with Gasteiger partial charge in [-0.1, -0.05) is 69.1 Å². The Morgan fingerprint density at radius 2 is 1.20 bits per heavy atom. The molecule has 15 heavy (non-hydrogen) atoms. The van der Waals surface area contributed by atoms with Crippen LogP contribution in [0.3, 0.4) is 0 Å². The van der Waals surface area contributed by atoms with Crippen molar-refractivity contribution in [3.05, 3.63) is 30.9 Å². The van der Waals surface area contributed by atoms with Gasteiger partial charge in [0.1, 0.15) is 0 Å². The molecule has 7 heteroatoms. The van der Waals surface area contributed by atoms with E-state index in [0.29, 0.717) is 28.8 Å². The van der Waals surface area contributed by atoms with Gasteiger partial charge >= 0.3 is 0 Å².